The molecule has 0 spiro atoms. The Hall–Kier alpha value is -0.330. The van der Waals surface area contributed by atoms with Gasteiger partial charge in [0.05, 0.1) is 13.2 Å². The lowest BCUT2D eigenvalue weighted by atomic mass is 9.99. The Bertz CT molecular complexity index is 492. The van der Waals surface area contributed by atoms with Crippen molar-refractivity contribution in [2.45, 2.75) is 54.8 Å². The molecule has 154 valence electrons. The Morgan fingerprint density at radius 3 is 2.04 bits per heavy atom. The van der Waals surface area contributed by atoms with Gasteiger partial charge in [-0.2, -0.15) is 4.21 Å². The molecular weight excluding hydrogens is 384 g/mol. The number of aliphatic hydroxyl groups excluding tert-OH is 7. The summed E-state index contributed by atoms with van der Waals surface area (Å²) in [6.45, 7) is -2.43. The molecule has 2 aliphatic rings. The Kier molecular flexibility index (Phi) is 7.42. The third kappa shape index (κ3) is 4.22. The van der Waals surface area contributed by atoms with Crippen LogP contribution in [-0.2, 0) is 29.8 Å². The fraction of sp³-hybridized carbons (Fsp3) is 1.00. The van der Waals surface area contributed by atoms with Crippen molar-refractivity contribution in [3.05, 3.63) is 0 Å². The maximum absolute atomic E-state index is 10.8. The van der Waals surface area contributed by atoms with Gasteiger partial charge >= 0.3 is 11.4 Å². The molecule has 2 heterocycles. The van der Waals surface area contributed by atoms with Crippen LogP contribution in [0.25, 0.3) is 0 Å². The molecule has 14 heteroatoms. The van der Waals surface area contributed by atoms with Crippen molar-refractivity contribution in [3.8, 4) is 0 Å². The van der Waals surface area contributed by atoms with E-state index in [0.717, 1.165) is 0 Å². The molecule has 2 aliphatic heterocycles. The standard InChI is InChI=1S/C12H22O13S/c13-1-4-6(15)8(17)9(18)11(23-4)25-12(3-22-26(20)21)10(19)7(16)5(2-14)24-12/h4-11,13-19H,1-3H2,(H,20,21)/t4-,5-,6-,7-,8+,9-,10+,11-,12+/m1/s1. The van der Waals surface area contributed by atoms with Gasteiger partial charge in [0.1, 0.15) is 49.3 Å². The van der Waals surface area contributed by atoms with Crippen molar-refractivity contribution in [3.63, 3.8) is 0 Å². The van der Waals surface area contributed by atoms with Crippen LogP contribution < -0.4 is 0 Å². The van der Waals surface area contributed by atoms with Crippen LogP contribution in [0.3, 0.4) is 0 Å². The first kappa shape index (κ1) is 22.0. The van der Waals surface area contributed by atoms with Crippen molar-refractivity contribution in [1.82, 2.24) is 0 Å². The van der Waals surface area contributed by atoms with Gasteiger partial charge in [-0.3, -0.25) is 8.74 Å². The van der Waals surface area contributed by atoms with E-state index in [1.165, 1.54) is 0 Å². The first-order valence-electron chi connectivity index (χ1n) is 7.54. The quantitative estimate of drug-likeness (QED) is 0.186. The molecule has 0 aromatic heterocycles. The topological polar surface area (TPSA) is 216 Å². The smallest absolute Gasteiger partial charge is 0.302 e. The number of hydrogen-bond acceptors (Lipinski definition) is 12. The molecule has 2 fully saturated rings. The molecule has 0 aliphatic carbocycles. The molecule has 26 heavy (non-hydrogen) atoms. The van der Waals surface area contributed by atoms with Gasteiger partial charge in [0, 0.05) is 0 Å². The van der Waals surface area contributed by atoms with Crippen LogP contribution >= 0.6 is 0 Å². The fourth-order valence-corrected chi connectivity index (χ4v) is 3.01. The maximum atomic E-state index is 10.8. The molecule has 0 amide bonds. The number of aliphatic hydroxyl groups is 7. The van der Waals surface area contributed by atoms with Crippen LogP contribution in [0.1, 0.15) is 0 Å². The van der Waals surface area contributed by atoms with Gasteiger partial charge in [-0.1, -0.05) is 0 Å². The second-order valence-corrected chi connectivity index (χ2v) is 6.55. The summed E-state index contributed by atoms with van der Waals surface area (Å²) in [5.74, 6) is -2.36. The second kappa shape index (κ2) is 8.78. The molecule has 0 aromatic rings. The summed E-state index contributed by atoms with van der Waals surface area (Å²) in [5.41, 5.74) is 0. The predicted molar refractivity (Wildman–Crippen MR) is 78.3 cm³/mol. The van der Waals surface area contributed by atoms with Crippen molar-refractivity contribution in [1.29, 1.82) is 0 Å². The summed E-state index contributed by atoms with van der Waals surface area (Å²) in [7, 11) is 0. The largest absolute Gasteiger partial charge is 0.394 e. The maximum Gasteiger partial charge on any atom is 0.302 e. The van der Waals surface area contributed by atoms with Crippen LogP contribution in [0.5, 0.6) is 0 Å². The summed E-state index contributed by atoms with van der Waals surface area (Å²) >= 11 is -2.81. The summed E-state index contributed by atoms with van der Waals surface area (Å²) in [5, 5.41) is 68.0. The van der Waals surface area contributed by atoms with E-state index in [0.29, 0.717) is 0 Å². The third-order valence-electron chi connectivity index (χ3n) is 4.21. The van der Waals surface area contributed by atoms with E-state index in [4.69, 9.17) is 18.8 Å². The molecule has 2 saturated heterocycles. The monoisotopic (exact) mass is 406 g/mol. The highest BCUT2D eigenvalue weighted by molar-refractivity contribution is 7.74. The summed E-state index contributed by atoms with van der Waals surface area (Å²) in [6, 6.07) is 0. The average molecular weight is 406 g/mol. The molecular formula is C12H22O13S. The lowest BCUT2D eigenvalue weighted by molar-refractivity contribution is -0.382. The van der Waals surface area contributed by atoms with E-state index in [1.54, 1.807) is 0 Å². The fourth-order valence-electron chi connectivity index (χ4n) is 2.75. The lowest BCUT2D eigenvalue weighted by Crippen LogP contribution is -2.62. The number of hydrogen-bond donors (Lipinski definition) is 8. The van der Waals surface area contributed by atoms with Crippen LogP contribution in [0.2, 0.25) is 0 Å². The normalized spacial score (nSPS) is 47.8. The Morgan fingerprint density at radius 1 is 0.923 bits per heavy atom. The van der Waals surface area contributed by atoms with Gasteiger partial charge in [-0.05, 0) is 0 Å². The Balaban J connectivity index is 2.25. The highest BCUT2D eigenvalue weighted by Crippen LogP contribution is 2.36. The molecule has 0 aromatic carbocycles. The van der Waals surface area contributed by atoms with Gasteiger partial charge in [-0.25, -0.2) is 0 Å². The highest BCUT2D eigenvalue weighted by Gasteiger charge is 2.59. The molecule has 0 radical (unpaired) electrons. The summed E-state index contributed by atoms with van der Waals surface area (Å²) < 4.78 is 39.6. The first-order chi connectivity index (χ1) is 12.2. The van der Waals surface area contributed by atoms with Gasteiger partial charge in [0.25, 0.3) is 0 Å². The van der Waals surface area contributed by atoms with Crippen LogP contribution in [0.4, 0.5) is 0 Å². The first-order valence-corrected chi connectivity index (χ1v) is 8.57. The minimum atomic E-state index is -2.81. The van der Waals surface area contributed by atoms with Crippen molar-refractivity contribution >= 4 is 11.4 Å². The minimum absolute atomic E-state index is 0.750. The highest BCUT2D eigenvalue weighted by atomic mass is 32.2. The van der Waals surface area contributed by atoms with E-state index in [2.05, 4.69) is 4.18 Å². The summed E-state index contributed by atoms with van der Waals surface area (Å²) in [6.07, 6.45) is -13.4. The van der Waals surface area contributed by atoms with Gasteiger partial charge < -0.3 is 50.0 Å². The minimum Gasteiger partial charge on any atom is -0.394 e. The second-order valence-electron chi connectivity index (χ2n) is 5.88. The third-order valence-corrected chi connectivity index (χ3v) is 4.53. The van der Waals surface area contributed by atoms with Crippen molar-refractivity contribution < 1.29 is 62.9 Å². The van der Waals surface area contributed by atoms with E-state index in [-0.39, 0.29) is 0 Å². The summed E-state index contributed by atoms with van der Waals surface area (Å²) in [4.78, 5) is 0. The molecule has 13 nitrogen and oxygen atoms in total. The van der Waals surface area contributed by atoms with E-state index < -0.39 is 86.0 Å². The number of ether oxygens (including phenoxy) is 3. The zero-order chi connectivity index (χ0) is 19.6. The zero-order valence-electron chi connectivity index (χ0n) is 13.3. The Labute approximate surface area is 149 Å². The molecule has 2 rings (SSSR count). The SMILES string of the molecule is O=S(O)OC[C@@]1(O[C@H]2O[C@H](CO)[C@@H](O)[C@H](O)[C@H]2O)O[C@H](CO)[C@@H](O)[C@@H]1O. The Morgan fingerprint density at radius 2 is 1.54 bits per heavy atom. The van der Waals surface area contributed by atoms with Crippen LogP contribution in [0.15, 0.2) is 0 Å². The van der Waals surface area contributed by atoms with E-state index >= 15 is 0 Å². The van der Waals surface area contributed by atoms with Crippen LogP contribution in [0, 0.1) is 0 Å². The molecule has 10 atom stereocenters. The lowest BCUT2D eigenvalue weighted by Gasteiger charge is -2.43. The van der Waals surface area contributed by atoms with Crippen molar-refractivity contribution in [2.24, 2.45) is 0 Å². The van der Waals surface area contributed by atoms with Crippen molar-refractivity contribution in [2.75, 3.05) is 19.8 Å². The average Bonchev–Trinajstić information content (AvgIpc) is 2.85. The van der Waals surface area contributed by atoms with E-state index in [9.17, 15) is 40.0 Å². The predicted octanol–water partition coefficient (Wildman–Crippen LogP) is -5.23. The molecule has 1 unspecified atom stereocenters. The molecule has 0 bridgehead atoms. The van der Waals surface area contributed by atoms with Gasteiger partial charge in [0.2, 0.25) is 5.79 Å². The number of rotatable bonds is 7. The molecule has 0 saturated carbocycles. The van der Waals surface area contributed by atoms with Crippen LogP contribution in [-0.4, -0.2) is 119 Å². The molecule has 8 N–H and O–H groups in total. The zero-order valence-corrected chi connectivity index (χ0v) is 14.1. The van der Waals surface area contributed by atoms with Gasteiger partial charge in [-0.15, -0.1) is 0 Å². The van der Waals surface area contributed by atoms with Gasteiger partial charge in [0.15, 0.2) is 6.29 Å². The van der Waals surface area contributed by atoms with E-state index in [1.807, 2.05) is 0 Å².